The zero-order chi connectivity index (χ0) is 12.8. The third kappa shape index (κ3) is 4.57. The van der Waals surface area contributed by atoms with Crippen LogP contribution in [0.1, 0.15) is 29.5 Å². The number of carboxylic acids is 1. The Balaban J connectivity index is 2.74. The van der Waals surface area contributed by atoms with Gasteiger partial charge in [-0.05, 0) is 45.2 Å². The molecule has 1 rings (SSSR count). The minimum atomic E-state index is -0.724. The molecule has 0 spiro atoms. The normalized spacial score (nSPS) is 12.4. The number of hydrogen-bond donors (Lipinski definition) is 2. The highest BCUT2D eigenvalue weighted by Crippen LogP contribution is 2.17. The fourth-order valence-corrected chi connectivity index (χ4v) is 2.15. The molecule has 0 bridgehead atoms. The molecule has 1 aromatic rings. The molecule has 0 saturated carbocycles. The number of benzene rings is 1. The quantitative estimate of drug-likeness (QED) is 0.795. The summed E-state index contributed by atoms with van der Waals surface area (Å²) in [5.41, 5.74) is 8.90. The van der Waals surface area contributed by atoms with E-state index in [9.17, 15) is 4.79 Å². The molecule has 0 aromatic heterocycles. The van der Waals surface area contributed by atoms with Gasteiger partial charge in [-0.25, -0.2) is 0 Å². The maximum Gasteiger partial charge on any atom is 0.306 e. The van der Waals surface area contributed by atoms with Gasteiger partial charge in [-0.2, -0.15) is 0 Å². The van der Waals surface area contributed by atoms with Crippen molar-refractivity contribution in [3.05, 3.63) is 34.9 Å². The van der Waals surface area contributed by atoms with Crippen LogP contribution in [-0.2, 0) is 11.2 Å². The summed E-state index contributed by atoms with van der Waals surface area (Å²) in [5, 5.41) is 9.16. The van der Waals surface area contributed by atoms with E-state index in [1.165, 1.54) is 11.1 Å². The highest BCUT2D eigenvalue weighted by atomic mass is 16.4. The molecule has 0 aliphatic rings. The molecule has 3 N–H and O–H groups in total. The molecule has 0 saturated heterocycles. The highest BCUT2D eigenvalue weighted by Gasteiger charge is 2.17. The van der Waals surface area contributed by atoms with E-state index in [0.29, 0.717) is 19.4 Å². The molecular formula is C14H21NO2. The standard InChI is InChI=1S/C14H21NO2/c1-10-6-11(2)8-12(7-10)9-13(14(16)17)4-3-5-15/h6-8,13H,3-5,9,15H2,1-2H3,(H,16,17). The molecule has 0 radical (unpaired) electrons. The SMILES string of the molecule is Cc1cc(C)cc(CC(CCCN)C(=O)O)c1. The molecule has 0 aliphatic carbocycles. The Bertz CT molecular complexity index is 368. The maximum absolute atomic E-state index is 11.1. The van der Waals surface area contributed by atoms with Crippen LogP contribution in [0, 0.1) is 19.8 Å². The molecule has 17 heavy (non-hydrogen) atoms. The van der Waals surface area contributed by atoms with E-state index in [1.807, 2.05) is 13.8 Å². The van der Waals surface area contributed by atoms with Gasteiger partial charge in [0.25, 0.3) is 0 Å². The predicted molar refractivity (Wildman–Crippen MR) is 69.0 cm³/mol. The van der Waals surface area contributed by atoms with E-state index in [-0.39, 0.29) is 5.92 Å². The van der Waals surface area contributed by atoms with Gasteiger partial charge in [-0.1, -0.05) is 29.3 Å². The highest BCUT2D eigenvalue weighted by molar-refractivity contribution is 5.70. The summed E-state index contributed by atoms with van der Waals surface area (Å²) < 4.78 is 0. The van der Waals surface area contributed by atoms with Gasteiger partial charge in [-0.15, -0.1) is 0 Å². The van der Waals surface area contributed by atoms with E-state index in [4.69, 9.17) is 10.8 Å². The molecule has 3 heteroatoms. The van der Waals surface area contributed by atoms with Crippen LogP contribution in [0.15, 0.2) is 18.2 Å². The van der Waals surface area contributed by atoms with Crippen molar-refractivity contribution in [1.82, 2.24) is 0 Å². The summed E-state index contributed by atoms with van der Waals surface area (Å²) in [6, 6.07) is 6.22. The maximum atomic E-state index is 11.1. The molecule has 1 unspecified atom stereocenters. The molecule has 0 aliphatic heterocycles. The Morgan fingerprint density at radius 3 is 2.35 bits per heavy atom. The van der Waals surface area contributed by atoms with Gasteiger partial charge in [0, 0.05) is 0 Å². The molecule has 0 heterocycles. The fourth-order valence-electron chi connectivity index (χ4n) is 2.15. The number of rotatable bonds is 6. The lowest BCUT2D eigenvalue weighted by atomic mass is 9.93. The van der Waals surface area contributed by atoms with Crippen molar-refractivity contribution in [1.29, 1.82) is 0 Å². The van der Waals surface area contributed by atoms with E-state index in [0.717, 1.165) is 12.0 Å². The van der Waals surface area contributed by atoms with Gasteiger partial charge in [0.2, 0.25) is 0 Å². The van der Waals surface area contributed by atoms with E-state index >= 15 is 0 Å². The van der Waals surface area contributed by atoms with E-state index in [2.05, 4.69) is 18.2 Å². The number of nitrogens with two attached hydrogens (primary N) is 1. The predicted octanol–water partition coefficient (Wildman–Crippen LogP) is 2.29. The van der Waals surface area contributed by atoms with Crippen molar-refractivity contribution in [2.45, 2.75) is 33.1 Å². The van der Waals surface area contributed by atoms with Crippen molar-refractivity contribution >= 4 is 5.97 Å². The Hall–Kier alpha value is -1.35. The van der Waals surface area contributed by atoms with Crippen molar-refractivity contribution < 1.29 is 9.90 Å². The van der Waals surface area contributed by atoms with Gasteiger partial charge in [0.1, 0.15) is 0 Å². The van der Waals surface area contributed by atoms with Crippen molar-refractivity contribution in [3.8, 4) is 0 Å². The third-order valence-electron chi connectivity index (χ3n) is 2.87. The summed E-state index contributed by atoms with van der Waals surface area (Å²) >= 11 is 0. The van der Waals surface area contributed by atoms with Crippen molar-refractivity contribution in [2.75, 3.05) is 6.54 Å². The van der Waals surface area contributed by atoms with Crippen LogP contribution in [0.25, 0.3) is 0 Å². The summed E-state index contributed by atoms with van der Waals surface area (Å²) in [7, 11) is 0. The van der Waals surface area contributed by atoms with Gasteiger partial charge in [0.15, 0.2) is 0 Å². The third-order valence-corrected chi connectivity index (χ3v) is 2.87. The monoisotopic (exact) mass is 235 g/mol. The van der Waals surface area contributed by atoms with Gasteiger partial charge < -0.3 is 10.8 Å². The van der Waals surface area contributed by atoms with Gasteiger partial charge in [0.05, 0.1) is 5.92 Å². The number of hydrogen-bond acceptors (Lipinski definition) is 2. The summed E-state index contributed by atoms with van der Waals surface area (Å²) in [5.74, 6) is -1.04. The Kier molecular flexibility index (Phi) is 5.16. The zero-order valence-electron chi connectivity index (χ0n) is 10.6. The van der Waals surface area contributed by atoms with Crippen molar-refractivity contribution in [3.63, 3.8) is 0 Å². The van der Waals surface area contributed by atoms with E-state index < -0.39 is 5.97 Å². The number of carbonyl (C=O) groups is 1. The molecule has 0 fully saturated rings. The van der Waals surface area contributed by atoms with Crippen LogP contribution in [0.4, 0.5) is 0 Å². The first-order valence-corrected chi connectivity index (χ1v) is 6.03. The topological polar surface area (TPSA) is 63.3 Å². The molecule has 3 nitrogen and oxygen atoms in total. The minimum absolute atomic E-state index is 0.320. The second-order valence-electron chi connectivity index (χ2n) is 4.67. The van der Waals surface area contributed by atoms with Crippen LogP contribution in [0.3, 0.4) is 0 Å². The largest absolute Gasteiger partial charge is 0.481 e. The van der Waals surface area contributed by atoms with Crippen LogP contribution < -0.4 is 5.73 Å². The second kappa shape index (κ2) is 6.40. The summed E-state index contributed by atoms with van der Waals surface area (Å²) in [4.78, 5) is 11.1. The Labute approximate surface area is 103 Å². The lowest BCUT2D eigenvalue weighted by Gasteiger charge is -2.12. The molecule has 94 valence electrons. The smallest absolute Gasteiger partial charge is 0.306 e. The molecular weight excluding hydrogens is 214 g/mol. The molecule has 1 aromatic carbocycles. The second-order valence-corrected chi connectivity index (χ2v) is 4.67. The minimum Gasteiger partial charge on any atom is -0.481 e. The number of carboxylic acid groups (broad SMARTS) is 1. The average molecular weight is 235 g/mol. The Morgan fingerprint density at radius 1 is 1.29 bits per heavy atom. The van der Waals surface area contributed by atoms with Crippen LogP contribution >= 0.6 is 0 Å². The number of aryl methyl sites for hydroxylation is 2. The number of aliphatic carboxylic acids is 1. The molecule has 1 atom stereocenters. The zero-order valence-corrected chi connectivity index (χ0v) is 10.6. The van der Waals surface area contributed by atoms with Crippen molar-refractivity contribution in [2.24, 2.45) is 11.7 Å². The van der Waals surface area contributed by atoms with Crippen LogP contribution in [0.5, 0.6) is 0 Å². The van der Waals surface area contributed by atoms with Crippen LogP contribution in [-0.4, -0.2) is 17.6 Å². The first kappa shape index (κ1) is 13.7. The first-order chi connectivity index (χ1) is 8.02. The first-order valence-electron chi connectivity index (χ1n) is 6.03. The summed E-state index contributed by atoms with van der Waals surface area (Å²) in [6.07, 6.45) is 2.01. The lowest BCUT2D eigenvalue weighted by molar-refractivity contribution is -0.141. The van der Waals surface area contributed by atoms with Gasteiger partial charge >= 0.3 is 5.97 Å². The summed E-state index contributed by atoms with van der Waals surface area (Å²) in [6.45, 7) is 4.62. The van der Waals surface area contributed by atoms with Crippen LogP contribution in [0.2, 0.25) is 0 Å². The van der Waals surface area contributed by atoms with E-state index in [1.54, 1.807) is 0 Å². The molecule has 0 amide bonds. The Morgan fingerprint density at radius 2 is 1.88 bits per heavy atom. The fraction of sp³-hybridized carbons (Fsp3) is 0.500. The van der Waals surface area contributed by atoms with Gasteiger partial charge in [-0.3, -0.25) is 4.79 Å². The lowest BCUT2D eigenvalue weighted by Crippen LogP contribution is -2.18. The average Bonchev–Trinajstić information content (AvgIpc) is 2.22.